The molecule has 3 rings (SSSR count). The number of anilines is 2. The van der Waals surface area contributed by atoms with Crippen molar-refractivity contribution in [2.24, 2.45) is 0 Å². The van der Waals surface area contributed by atoms with Gasteiger partial charge in [-0.2, -0.15) is 0 Å². The van der Waals surface area contributed by atoms with Crippen molar-refractivity contribution in [3.8, 4) is 11.5 Å². The van der Waals surface area contributed by atoms with Crippen LogP contribution in [0.3, 0.4) is 0 Å². The van der Waals surface area contributed by atoms with E-state index in [2.05, 4.69) is 25.3 Å². The number of benzene rings is 1. The Morgan fingerprint density at radius 3 is 2.67 bits per heavy atom. The van der Waals surface area contributed by atoms with Crippen LogP contribution in [0.15, 0.2) is 24.5 Å². The van der Waals surface area contributed by atoms with Gasteiger partial charge in [-0.25, -0.2) is 15.0 Å². The number of rotatable bonds is 4. The molecule has 3 aromatic rings. The molecule has 0 aliphatic heterocycles. The summed E-state index contributed by atoms with van der Waals surface area (Å²) in [4.78, 5) is 15.8. The van der Waals surface area contributed by atoms with Crippen LogP contribution in [0.1, 0.15) is 5.82 Å². The molecule has 7 nitrogen and oxygen atoms in total. The van der Waals surface area contributed by atoms with Crippen molar-refractivity contribution in [1.29, 1.82) is 0 Å². The number of nitrogens with one attached hydrogen (secondary N) is 2. The summed E-state index contributed by atoms with van der Waals surface area (Å²) in [5, 5.41) is 3.23. The van der Waals surface area contributed by atoms with Gasteiger partial charge in [0, 0.05) is 11.8 Å². The molecule has 0 bridgehead atoms. The van der Waals surface area contributed by atoms with E-state index in [1.54, 1.807) is 14.2 Å². The number of nitrogens with zero attached hydrogens (tertiary/aromatic N) is 3. The summed E-state index contributed by atoms with van der Waals surface area (Å²) in [5.41, 5.74) is 2.23. The molecule has 0 atom stereocenters. The predicted octanol–water partition coefficient (Wildman–Crippen LogP) is 2.42. The molecule has 0 saturated carbocycles. The van der Waals surface area contributed by atoms with Gasteiger partial charge in [-0.05, 0) is 19.1 Å². The Kier molecular flexibility index (Phi) is 3.31. The summed E-state index contributed by atoms with van der Waals surface area (Å²) >= 11 is 0. The maximum atomic E-state index is 5.29. The Bertz CT molecular complexity index is 784. The normalized spacial score (nSPS) is 10.6. The van der Waals surface area contributed by atoms with E-state index in [1.165, 1.54) is 6.33 Å². The van der Waals surface area contributed by atoms with Crippen molar-refractivity contribution in [1.82, 2.24) is 19.9 Å². The predicted molar refractivity (Wildman–Crippen MR) is 79.2 cm³/mol. The number of aryl methyl sites for hydroxylation is 1. The number of imidazole rings is 1. The molecule has 0 unspecified atom stereocenters. The number of ether oxygens (including phenoxy) is 2. The summed E-state index contributed by atoms with van der Waals surface area (Å²) in [6.07, 6.45) is 1.48. The first-order chi connectivity index (χ1) is 10.2. The molecule has 2 N–H and O–H groups in total. The van der Waals surface area contributed by atoms with Crippen LogP contribution in [0.25, 0.3) is 11.2 Å². The maximum absolute atomic E-state index is 5.29. The second kappa shape index (κ2) is 5.28. The molecule has 1 aromatic carbocycles. The van der Waals surface area contributed by atoms with E-state index in [9.17, 15) is 0 Å². The van der Waals surface area contributed by atoms with Crippen molar-refractivity contribution in [3.63, 3.8) is 0 Å². The van der Waals surface area contributed by atoms with Crippen LogP contribution in [-0.4, -0.2) is 34.2 Å². The summed E-state index contributed by atoms with van der Waals surface area (Å²) in [6.45, 7) is 1.88. The lowest BCUT2D eigenvalue weighted by molar-refractivity contribution is 0.355. The second-order valence-corrected chi connectivity index (χ2v) is 4.44. The fourth-order valence-corrected chi connectivity index (χ4v) is 2.09. The largest absolute Gasteiger partial charge is 0.493 e. The molecular formula is C14H15N5O2. The van der Waals surface area contributed by atoms with Crippen molar-refractivity contribution in [2.45, 2.75) is 6.92 Å². The summed E-state index contributed by atoms with van der Waals surface area (Å²) in [7, 11) is 3.20. The molecule has 0 spiro atoms. The van der Waals surface area contributed by atoms with E-state index in [4.69, 9.17) is 9.47 Å². The zero-order valence-corrected chi connectivity index (χ0v) is 12.0. The first-order valence-corrected chi connectivity index (χ1v) is 6.37. The molecule has 2 aromatic heterocycles. The van der Waals surface area contributed by atoms with E-state index in [0.717, 1.165) is 17.0 Å². The Hall–Kier alpha value is -2.83. The van der Waals surface area contributed by atoms with E-state index >= 15 is 0 Å². The van der Waals surface area contributed by atoms with Gasteiger partial charge in [-0.3, -0.25) is 0 Å². The van der Waals surface area contributed by atoms with Crippen LogP contribution in [0.2, 0.25) is 0 Å². The van der Waals surface area contributed by atoms with Gasteiger partial charge in [0.1, 0.15) is 17.7 Å². The molecular weight excluding hydrogens is 270 g/mol. The van der Waals surface area contributed by atoms with Crippen molar-refractivity contribution >= 4 is 22.7 Å². The van der Waals surface area contributed by atoms with Crippen LogP contribution in [-0.2, 0) is 0 Å². The summed E-state index contributed by atoms with van der Waals surface area (Å²) in [6, 6.07) is 5.56. The monoisotopic (exact) mass is 285 g/mol. The Balaban J connectivity index is 1.98. The van der Waals surface area contributed by atoms with E-state index in [1.807, 2.05) is 25.1 Å². The van der Waals surface area contributed by atoms with E-state index in [0.29, 0.717) is 23.0 Å². The number of hydrogen-bond donors (Lipinski definition) is 2. The number of hydrogen-bond acceptors (Lipinski definition) is 6. The first-order valence-electron chi connectivity index (χ1n) is 6.37. The highest BCUT2D eigenvalue weighted by atomic mass is 16.5. The van der Waals surface area contributed by atoms with Crippen molar-refractivity contribution in [3.05, 3.63) is 30.4 Å². The number of aromatic amines is 1. The zero-order chi connectivity index (χ0) is 14.8. The van der Waals surface area contributed by atoms with E-state index < -0.39 is 0 Å². The lowest BCUT2D eigenvalue weighted by atomic mass is 10.2. The van der Waals surface area contributed by atoms with Gasteiger partial charge in [0.25, 0.3) is 0 Å². The van der Waals surface area contributed by atoms with Crippen LogP contribution in [0, 0.1) is 6.92 Å². The average molecular weight is 285 g/mol. The SMILES string of the molecule is COc1ccc(Nc2ncnc3nc(C)[nH]c23)cc1OC. The van der Waals surface area contributed by atoms with Gasteiger partial charge < -0.3 is 19.8 Å². The minimum Gasteiger partial charge on any atom is -0.493 e. The summed E-state index contributed by atoms with van der Waals surface area (Å²) in [5.74, 6) is 2.77. The lowest BCUT2D eigenvalue weighted by Crippen LogP contribution is -1.97. The Morgan fingerprint density at radius 1 is 1.10 bits per heavy atom. The lowest BCUT2D eigenvalue weighted by Gasteiger charge is -2.11. The van der Waals surface area contributed by atoms with Gasteiger partial charge >= 0.3 is 0 Å². The topological polar surface area (TPSA) is 85.0 Å². The fraction of sp³-hybridized carbons (Fsp3) is 0.214. The Morgan fingerprint density at radius 2 is 1.90 bits per heavy atom. The maximum Gasteiger partial charge on any atom is 0.183 e. The molecule has 0 aliphatic rings. The highest BCUT2D eigenvalue weighted by molar-refractivity contribution is 5.85. The van der Waals surface area contributed by atoms with Crippen molar-refractivity contribution < 1.29 is 9.47 Å². The van der Waals surface area contributed by atoms with Gasteiger partial charge in [0.15, 0.2) is 23.0 Å². The quantitative estimate of drug-likeness (QED) is 0.765. The third-order valence-corrected chi connectivity index (χ3v) is 3.05. The highest BCUT2D eigenvalue weighted by Gasteiger charge is 2.10. The second-order valence-electron chi connectivity index (χ2n) is 4.44. The van der Waals surface area contributed by atoms with Gasteiger partial charge in [-0.15, -0.1) is 0 Å². The Labute approximate surface area is 121 Å². The molecule has 0 saturated heterocycles. The molecule has 108 valence electrons. The third kappa shape index (κ3) is 2.45. The number of methoxy groups -OCH3 is 2. The minimum atomic E-state index is 0.630. The molecule has 0 amide bonds. The first kappa shape index (κ1) is 13.2. The third-order valence-electron chi connectivity index (χ3n) is 3.05. The molecule has 7 heteroatoms. The number of H-pyrrole nitrogens is 1. The highest BCUT2D eigenvalue weighted by Crippen LogP contribution is 2.31. The van der Waals surface area contributed by atoms with Crippen LogP contribution in [0.4, 0.5) is 11.5 Å². The van der Waals surface area contributed by atoms with Crippen molar-refractivity contribution in [2.75, 3.05) is 19.5 Å². The van der Waals surface area contributed by atoms with Gasteiger partial charge in [-0.1, -0.05) is 0 Å². The van der Waals surface area contributed by atoms with Crippen LogP contribution >= 0.6 is 0 Å². The van der Waals surface area contributed by atoms with E-state index in [-0.39, 0.29) is 0 Å². The number of fused-ring (bicyclic) bond motifs is 1. The zero-order valence-electron chi connectivity index (χ0n) is 12.0. The molecule has 21 heavy (non-hydrogen) atoms. The van der Waals surface area contributed by atoms with Crippen LogP contribution < -0.4 is 14.8 Å². The molecule has 0 radical (unpaired) electrons. The smallest absolute Gasteiger partial charge is 0.183 e. The summed E-state index contributed by atoms with van der Waals surface area (Å²) < 4.78 is 10.5. The van der Waals surface area contributed by atoms with Gasteiger partial charge in [0.05, 0.1) is 14.2 Å². The molecule has 0 fully saturated rings. The molecule has 0 aliphatic carbocycles. The standard InChI is InChI=1S/C14H15N5O2/c1-8-17-12-13(18-8)15-7-16-14(12)19-9-4-5-10(20-2)11(6-9)21-3/h4-7H,1-3H3,(H2,15,16,17,18,19). The van der Waals surface area contributed by atoms with Gasteiger partial charge in [0.2, 0.25) is 0 Å². The number of aromatic nitrogens is 4. The fourth-order valence-electron chi connectivity index (χ4n) is 2.09. The molecule has 2 heterocycles. The minimum absolute atomic E-state index is 0.630. The average Bonchev–Trinajstić information content (AvgIpc) is 2.88. The van der Waals surface area contributed by atoms with Crippen LogP contribution in [0.5, 0.6) is 11.5 Å².